The van der Waals surface area contributed by atoms with Crippen LogP contribution in [0.1, 0.15) is 60.9 Å². The van der Waals surface area contributed by atoms with Crippen LogP contribution in [0.3, 0.4) is 0 Å². The molecule has 288 valence electrons. The minimum absolute atomic E-state index is 0.137. The number of aliphatic hydroxyl groups is 1. The van der Waals surface area contributed by atoms with Crippen molar-refractivity contribution in [2.75, 3.05) is 65.6 Å². The first kappa shape index (κ1) is 36.7. The van der Waals surface area contributed by atoms with E-state index in [2.05, 4.69) is 62.3 Å². The molecule has 55 heavy (non-hydrogen) atoms. The number of hydrogen-bond acceptors (Lipinski definition) is 11. The number of nitrogens with two attached hydrogens (primary N) is 1. The molecule has 4 aliphatic rings. The Kier molecular flexibility index (Phi) is 9.82. The summed E-state index contributed by atoms with van der Waals surface area (Å²) < 4.78 is 7.75. The Morgan fingerprint density at radius 1 is 1.11 bits per heavy atom. The van der Waals surface area contributed by atoms with Gasteiger partial charge in [-0.1, -0.05) is 20.4 Å². The Labute approximate surface area is 321 Å². The summed E-state index contributed by atoms with van der Waals surface area (Å²) in [6.45, 7) is 15.4. The number of rotatable bonds is 9. The zero-order chi connectivity index (χ0) is 38.4. The predicted molar refractivity (Wildman–Crippen MR) is 214 cm³/mol. The number of piperazine rings is 1. The number of carbonyl (C=O) groups is 2. The van der Waals surface area contributed by atoms with Crippen molar-refractivity contribution in [3.05, 3.63) is 77.9 Å². The summed E-state index contributed by atoms with van der Waals surface area (Å²) in [6.07, 6.45) is 8.42. The maximum absolute atomic E-state index is 13.9. The number of nitrogens with zero attached hydrogens (tertiary/aromatic N) is 7. The molecule has 2 fully saturated rings. The van der Waals surface area contributed by atoms with Crippen LogP contribution in [0.15, 0.2) is 55.4 Å². The van der Waals surface area contributed by atoms with Gasteiger partial charge in [-0.3, -0.25) is 19.4 Å². The van der Waals surface area contributed by atoms with Crippen LogP contribution < -0.4 is 26.2 Å². The zero-order valence-electron chi connectivity index (χ0n) is 31.8. The second-order valence-corrected chi connectivity index (χ2v) is 15.9. The van der Waals surface area contributed by atoms with Crippen LogP contribution in [0.2, 0.25) is 0 Å². The third-order valence-corrected chi connectivity index (χ3v) is 11.5. The molecule has 8 rings (SSSR count). The molecule has 2 amide bonds. The zero-order valence-corrected chi connectivity index (χ0v) is 31.8. The topological polar surface area (TPSA) is 167 Å². The van der Waals surface area contributed by atoms with E-state index in [1.165, 1.54) is 17.3 Å². The smallest absolute Gasteiger partial charge is 0.276 e. The van der Waals surface area contributed by atoms with Gasteiger partial charge in [-0.25, -0.2) is 15.0 Å². The average molecular weight is 747 g/mol. The number of ether oxygens (including phenoxy) is 1. The van der Waals surface area contributed by atoms with Crippen molar-refractivity contribution >= 4 is 46.3 Å². The van der Waals surface area contributed by atoms with E-state index in [1.807, 2.05) is 24.3 Å². The minimum atomic E-state index is -0.363. The van der Waals surface area contributed by atoms with Gasteiger partial charge in [-0.05, 0) is 80.0 Å². The van der Waals surface area contributed by atoms with Crippen LogP contribution >= 0.6 is 0 Å². The van der Waals surface area contributed by atoms with Gasteiger partial charge in [-0.15, -0.1) is 0 Å². The van der Waals surface area contributed by atoms with Gasteiger partial charge in [0.1, 0.15) is 11.5 Å². The molecule has 0 radical (unpaired) electrons. The van der Waals surface area contributed by atoms with E-state index < -0.39 is 0 Å². The molecule has 2 saturated heterocycles. The summed E-state index contributed by atoms with van der Waals surface area (Å²) in [4.78, 5) is 47.0. The van der Waals surface area contributed by atoms with Crippen LogP contribution in [-0.4, -0.2) is 92.8 Å². The lowest BCUT2D eigenvalue weighted by atomic mass is 9.90. The summed E-state index contributed by atoms with van der Waals surface area (Å²) in [5.41, 5.74) is 13.4. The number of nitrogens with one attached hydrogen (secondary N) is 2. The van der Waals surface area contributed by atoms with Gasteiger partial charge < -0.3 is 35.7 Å². The number of benzene rings is 1. The third-order valence-electron chi connectivity index (χ3n) is 11.5. The Morgan fingerprint density at radius 3 is 2.69 bits per heavy atom. The maximum Gasteiger partial charge on any atom is 0.276 e. The van der Waals surface area contributed by atoms with Gasteiger partial charge in [0.25, 0.3) is 5.91 Å². The molecule has 1 aliphatic carbocycles. The molecule has 3 aliphatic heterocycles. The Hall–Kier alpha value is -5.31. The minimum Gasteiger partial charge on any atom is -0.392 e. The number of carbonyl (C=O) groups excluding carboxylic acids is 2. The van der Waals surface area contributed by atoms with Crippen molar-refractivity contribution in [1.29, 1.82) is 0 Å². The SMILES string of the molecule is C=CC(=O)Nc1cc(Nc2nc(-c3ccnc(N4CCn5c(cc6c5CC(C)(C)C6)C4=O)c3CO)cnc2N)ccc1N1CCN(C2CCOCC2)C[C@@H]1C. The standard InChI is InChI=1S/C41H50N10O4/c1-5-36(53)46-31-19-27(6-7-33(31)49-13-12-48(23-25(49)2)28-9-16-55-17-10-28)45-38-37(42)44-22-32(47-38)29-8-11-43-39(30(29)24-52)51-15-14-50-34(40(51)54)18-26-20-41(3,4)21-35(26)50/h5-8,11,18-19,22,25,28,52H,1,9-10,12-17,20-21,23-24H2,2-4H3,(H2,42,44)(H,45,47)(H,46,53)/t25-/m0/s1. The molecule has 6 heterocycles. The summed E-state index contributed by atoms with van der Waals surface area (Å²) >= 11 is 0. The molecule has 14 nitrogen and oxygen atoms in total. The van der Waals surface area contributed by atoms with Gasteiger partial charge in [-0.2, -0.15) is 0 Å². The largest absolute Gasteiger partial charge is 0.392 e. The lowest BCUT2D eigenvalue weighted by molar-refractivity contribution is -0.111. The molecule has 0 unspecified atom stereocenters. The van der Waals surface area contributed by atoms with Crippen molar-refractivity contribution in [3.63, 3.8) is 0 Å². The summed E-state index contributed by atoms with van der Waals surface area (Å²) in [6, 6.07) is 10.3. The molecule has 4 aromatic rings. The van der Waals surface area contributed by atoms with Crippen LogP contribution in [0.4, 0.5) is 34.5 Å². The van der Waals surface area contributed by atoms with Crippen molar-refractivity contribution in [1.82, 2.24) is 24.4 Å². The van der Waals surface area contributed by atoms with E-state index >= 15 is 0 Å². The quantitative estimate of drug-likeness (QED) is 0.175. The van der Waals surface area contributed by atoms with Gasteiger partial charge in [0.2, 0.25) is 5.91 Å². The normalized spacial score (nSPS) is 19.9. The van der Waals surface area contributed by atoms with Gasteiger partial charge in [0, 0.05) is 86.7 Å². The van der Waals surface area contributed by atoms with E-state index in [-0.39, 0.29) is 35.7 Å². The van der Waals surface area contributed by atoms with Gasteiger partial charge >= 0.3 is 0 Å². The number of amides is 2. The van der Waals surface area contributed by atoms with Gasteiger partial charge in [0.05, 0.1) is 29.9 Å². The second kappa shape index (κ2) is 14.7. The Bertz CT molecular complexity index is 2140. The Morgan fingerprint density at radius 2 is 1.93 bits per heavy atom. The first-order valence-electron chi connectivity index (χ1n) is 19.2. The van der Waals surface area contributed by atoms with Crippen LogP contribution in [0.25, 0.3) is 11.3 Å². The number of fused-ring (bicyclic) bond motifs is 3. The van der Waals surface area contributed by atoms with Crippen molar-refractivity contribution in [2.45, 2.75) is 71.7 Å². The average Bonchev–Trinajstić information content (AvgIpc) is 3.68. The fourth-order valence-corrected chi connectivity index (χ4v) is 8.85. The highest BCUT2D eigenvalue weighted by atomic mass is 16.5. The number of anilines is 6. The highest BCUT2D eigenvalue weighted by Gasteiger charge is 2.38. The lowest BCUT2D eigenvalue weighted by Gasteiger charge is -2.45. The molecule has 1 aromatic carbocycles. The van der Waals surface area contributed by atoms with Crippen LogP contribution in [0, 0.1) is 5.41 Å². The second-order valence-electron chi connectivity index (χ2n) is 15.9. The summed E-state index contributed by atoms with van der Waals surface area (Å²) in [5.74, 6) is 0.419. The molecular formula is C41H50N10O4. The molecule has 14 heteroatoms. The Balaban J connectivity index is 1.05. The molecular weight excluding hydrogens is 697 g/mol. The van der Waals surface area contributed by atoms with Crippen LogP contribution in [0.5, 0.6) is 0 Å². The number of nitrogen functional groups attached to an aromatic ring is 1. The van der Waals surface area contributed by atoms with E-state index in [9.17, 15) is 14.7 Å². The molecule has 3 aromatic heterocycles. The first-order valence-corrected chi connectivity index (χ1v) is 19.2. The van der Waals surface area contributed by atoms with Gasteiger partial charge in [0.15, 0.2) is 11.6 Å². The fraction of sp³-hybridized carbons (Fsp3) is 0.439. The maximum atomic E-state index is 13.9. The molecule has 5 N–H and O–H groups in total. The van der Waals surface area contributed by atoms with E-state index in [0.29, 0.717) is 64.7 Å². The summed E-state index contributed by atoms with van der Waals surface area (Å²) in [5, 5.41) is 17.0. The van der Waals surface area contributed by atoms with Crippen molar-refractivity contribution in [2.24, 2.45) is 5.41 Å². The predicted octanol–water partition coefficient (Wildman–Crippen LogP) is 4.76. The summed E-state index contributed by atoms with van der Waals surface area (Å²) in [7, 11) is 0. The highest BCUT2D eigenvalue weighted by Crippen LogP contribution is 2.40. The van der Waals surface area contributed by atoms with E-state index in [1.54, 1.807) is 23.4 Å². The number of aliphatic hydroxyl groups excluding tert-OH is 1. The highest BCUT2D eigenvalue weighted by molar-refractivity contribution is 6.06. The van der Waals surface area contributed by atoms with Crippen molar-refractivity contribution < 1.29 is 19.4 Å². The molecule has 0 bridgehead atoms. The molecule has 0 saturated carbocycles. The lowest BCUT2D eigenvalue weighted by Crippen LogP contribution is -2.56. The number of hydrogen-bond donors (Lipinski definition) is 4. The monoisotopic (exact) mass is 746 g/mol. The number of pyridine rings is 1. The number of aromatic nitrogens is 4. The molecule has 0 spiro atoms. The molecule has 1 atom stereocenters. The fourth-order valence-electron chi connectivity index (χ4n) is 8.85. The van der Waals surface area contributed by atoms with E-state index in [4.69, 9.17) is 15.5 Å². The first-order chi connectivity index (χ1) is 26.5. The van der Waals surface area contributed by atoms with Crippen molar-refractivity contribution in [3.8, 4) is 11.3 Å². The third kappa shape index (κ3) is 7.05. The van der Waals surface area contributed by atoms with Crippen LogP contribution in [-0.2, 0) is 35.5 Å². The van der Waals surface area contributed by atoms with E-state index in [0.717, 1.165) is 64.2 Å².